The summed E-state index contributed by atoms with van der Waals surface area (Å²) in [5.41, 5.74) is 0. The molecule has 1 atom stereocenters. The van der Waals surface area contributed by atoms with Gasteiger partial charge in [0.25, 0.3) is 0 Å². The zero-order valence-electron chi connectivity index (χ0n) is 33.6. The van der Waals surface area contributed by atoms with Crippen molar-refractivity contribution < 1.29 is 28.6 Å². The Bertz CT molecular complexity index is 876. The number of carbonyl (C=O) groups excluding carboxylic acids is 3. The number of rotatable bonds is 38. The zero-order valence-corrected chi connectivity index (χ0v) is 33.6. The average Bonchev–Trinajstić information content (AvgIpc) is 3.12. The van der Waals surface area contributed by atoms with Crippen LogP contribution in [0.1, 0.15) is 213 Å². The van der Waals surface area contributed by atoms with E-state index in [1.165, 1.54) is 96.3 Å². The predicted molar refractivity (Wildman–Crippen MR) is 215 cm³/mol. The van der Waals surface area contributed by atoms with Crippen molar-refractivity contribution in [2.24, 2.45) is 0 Å². The Morgan fingerprint density at radius 1 is 0.412 bits per heavy atom. The van der Waals surface area contributed by atoms with Gasteiger partial charge in [-0.3, -0.25) is 14.4 Å². The van der Waals surface area contributed by atoms with E-state index in [4.69, 9.17) is 14.2 Å². The van der Waals surface area contributed by atoms with Crippen molar-refractivity contribution in [2.45, 2.75) is 219 Å². The fourth-order valence-corrected chi connectivity index (χ4v) is 5.93. The third kappa shape index (κ3) is 38.7. The number of allylic oxidation sites excluding steroid dienone is 6. The van der Waals surface area contributed by atoms with Crippen LogP contribution in [0.25, 0.3) is 0 Å². The van der Waals surface area contributed by atoms with E-state index in [1.54, 1.807) is 0 Å². The largest absolute Gasteiger partial charge is 0.462 e. The van der Waals surface area contributed by atoms with Crippen molar-refractivity contribution in [1.82, 2.24) is 0 Å². The molecule has 0 rings (SSSR count). The molecular formula is C45H80O6. The van der Waals surface area contributed by atoms with Gasteiger partial charge in [-0.15, -0.1) is 0 Å². The Kier molecular flexibility index (Phi) is 38.5. The summed E-state index contributed by atoms with van der Waals surface area (Å²) >= 11 is 0. The lowest BCUT2D eigenvalue weighted by Crippen LogP contribution is -2.30. The van der Waals surface area contributed by atoms with E-state index in [-0.39, 0.29) is 31.1 Å². The first-order valence-corrected chi connectivity index (χ1v) is 21.5. The van der Waals surface area contributed by atoms with E-state index in [1.807, 2.05) is 0 Å². The third-order valence-electron chi connectivity index (χ3n) is 9.16. The van der Waals surface area contributed by atoms with Crippen LogP contribution in [0, 0.1) is 0 Å². The fraction of sp³-hybridized carbons (Fsp3) is 0.800. The van der Waals surface area contributed by atoms with Gasteiger partial charge in [-0.25, -0.2) is 0 Å². The molecule has 6 heteroatoms. The predicted octanol–water partition coefficient (Wildman–Crippen LogP) is 13.4. The number of hydrogen-bond donors (Lipinski definition) is 0. The topological polar surface area (TPSA) is 78.9 Å². The lowest BCUT2D eigenvalue weighted by Gasteiger charge is -2.18. The van der Waals surface area contributed by atoms with Crippen molar-refractivity contribution in [2.75, 3.05) is 13.2 Å². The SMILES string of the molecule is CC/C=C\C/C=C\C/C=C\CCCCC(=O)OCC(COC(=O)CCCCCCCCCCC)OC(=O)CCCCCCCCCCCCCC. The molecule has 51 heavy (non-hydrogen) atoms. The molecule has 0 aliphatic heterocycles. The van der Waals surface area contributed by atoms with Crippen LogP contribution in [0.15, 0.2) is 36.5 Å². The maximum atomic E-state index is 12.7. The van der Waals surface area contributed by atoms with Crippen molar-refractivity contribution in [3.63, 3.8) is 0 Å². The van der Waals surface area contributed by atoms with Crippen LogP contribution < -0.4 is 0 Å². The van der Waals surface area contributed by atoms with Crippen LogP contribution >= 0.6 is 0 Å². The van der Waals surface area contributed by atoms with Crippen molar-refractivity contribution >= 4 is 17.9 Å². The van der Waals surface area contributed by atoms with Gasteiger partial charge in [0, 0.05) is 19.3 Å². The molecule has 0 aromatic carbocycles. The van der Waals surface area contributed by atoms with Crippen LogP contribution in [0.2, 0.25) is 0 Å². The molecule has 0 bridgehead atoms. The molecule has 0 aromatic heterocycles. The highest BCUT2D eigenvalue weighted by molar-refractivity contribution is 5.71. The molecule has 0 amide bonds. The zero-order chi connectivity index (χ0) is 37.3. The minimum atomic E-state index is -0.778. The molecule has 0 N–H and O–H groups in total. The monoisotopic (exact) mass is 717 g/mol. The summed E-state index contributed by atoms with van der Waals surface area (Å²) in [7, 11) is 0. The summed E-state index contributed by atoms with van der Waals surface area (Å²) in [6.07, 6.45) is 44.2. The number of esters is 3. The molecular weight excluding hydrogens is 636 g/mol. The van der Waals surface area contributed by atoms with E-state index in [0.29, 0.717) is 19.3 Å². The van der Waals surface area contributed by atoms with Gasteiger partial charge in [-0.1, -0.05) is 179 Å². The van der Waals surface area contributed by atoms with E-state index in [0.717, 1.165) is 77.0 Å². The van der Waals surface area contributed by atoms with Crippen LogP contribution in [-0.2, 0) is 28.6 Å². The summed E-state index contributed by atoms with van der Waals surface area (Å²) in [6, 6.07) is 0. The minimum Gasteiger partial charge on any atom is -0.462 e. The Hall–Kier alpha value is -2.37. The molecule has 0 radical (unpaired) electrons. The molecule has 0 saturated carbocycles. The molecule has 0 aliphatic rings. The highest BCUT2D eigenvalue weighted by atomic mass is 16.6. The first-order chi connectivity index (χ1) is 25.0. The molecule has 0 aliphatic carbocycles. The molecule has 0 heterocycles. The van der Waals surface area contributed by atoms with Gasteiger partial charge in [0.05, 0.1) is 0 Å². The molecule has 0 aromatic rings. The summed E-state index contributed by atoms with van der Waals surface area (Å²) in [5.74, 6) is -0.926. The summed E-state index contributed by atoms with van der Waals surface area (Å²) in [6.45, 7) is 6.45. The standard InChI is InChI=1S/C45H80O6/c1-4-7-10-13-16-19-21-23-26-29-32-35-38-44(47)50-41-42(40-49-43(46)37-34-31-28-25-18-15-12-9-6-3)51-45(48)39-36-33-30-27-24-22-20-17-14-11-8-5-2/h7,10,16,19,23,26,42H,4-6,8-9,11-15,17-18,20-22,24-25,27-41H2,1-3H3/b10-7-,19-16-,26-23-. The first-order valence-electron chi connectivity index (χ1n) is 21.5. The fourth-order valence-electron chi connectivity index (χ4n) is 5.93. The number of ether oxygens (including phenoxy) is 3. The lowest BCUT2D eigenvalue weighted by atomic mass is 10.0. The third-order valence-corrected chi connectivity index (χ3v) is 9.16. The second-order valence-electron chi connectivity index (χ2n) is 14.2. The summed E-state index contributed by atoms with van der Waals surface area (Å²) in [5, 5.41) is 0. The second-order valence-corrected chi connectivity index (χ2v) is 14.2. The van der Waals surface area contributed by atoms with Crippen LogP contribution in [0.5, 0.6) is 0 Å². The Morgan fingerprint density at radius 3 is 1.20 bits per heavy atom. The smallest absolute Gasteiger partial charge is 0.306 e. The molecule has 6 nitrogen and oxygen atoms in total. The van der Waals surface area contributed by atoms with Gasteiger partial charge in [0.2, 0.25) is 0 Å². The molecule has 0 saturated heterocycles. The van der Waals surface area contributed by atoms with E-state index in [9.17, 15) is 14.4 Å². The van der Waals surface area contributed by atoms with E-state index >= 15 is 0 Å². The molecule has 0 spiro atoms. The Morgan fingerprint density at radius 2 is 0.765 bits per heavy atom. The van der Waals surface area contributed by atoms with Gasteiger partial charge < -0.3 is 14.2 Å². The van der Waals surface area contributed by atoms with Gasteiger partial charge in [-0.2, -0.15) is 0 Å². The van der Waals surface area contributed by atoms with Crippen molar-refractivity contribution in [3.8, 4) is 0 Å². The average molecular weight is 717 g/mol. The van der Waals surface area contributed by atoms with Crippen molar-refractivity contribution in [3.05, 3.63) is 36.5 Å². The van der Waals surface area contributed by atoms with E-state index < -0.39 is 6.10 Å². The Labute approximate surface area is 315 Å². The number of carbonyl (C=O) groups is 3. The number of hydrogen-bond acceptors (Lipinski definition) is 6. The van der Waals surface area contributed by atoms with Gasteiger partial charge in [0.1, 0.15) is 13.2 Å². The first kappa shape index (κ1) is 48.6. The van der Waals surface area contributed by atoms with Gasteiger partial charge in [0.15, 0.2) is 6.10 Å². The van der Waals surface area contributed by atoms with Crippen LogP contribution in [0.4, 0.5) is 0 Å². The summed E-state index contributed by atoms with van der Waals surface area (Å²) in [4.78, 5) is 37.5. The quantitative estimate of drug-likeness (QED) is 0.0274. The lowest BCUT2D eigenvalue weighted by molar-refractivity contribution is -0.167. The van der Waals surface area contributed by atoms with E-state index in [2.05, 4.69) is 57.2 Å². The maximum Gasteiger partial charge on any atom is 0.306 e. The molecule has 0 fully saturated rings. The normalized spacial score (nSPS) is 12.3. The maximum absolute atomic E-state index is 12.7. The molecule has 296 valence electrons. The van der Waals surface area contributed by atoms with Gasteiger partial charge in [-0.05, 0) is 51.4 Å². The highest BCUT2D eigenvalue weighted by Crippen LogP contribution is 2.14. The minimum absolute atomic E-state index is 0.0815. The van der Waals surface area contributed by atoms with Crippen LogP contribution in [0.3, 0.4) is 0 Å². The molecule has 1 unspecified atom stereocenters. The van der Waals surface area contributed by atoms with Gasteiger partial charge >= 0.3 is 17.9 Å². The Balaban J connectivity index is 4.41. The second kappa shape index (κ2) is 40.4. The highest BCUT2D eigenvalue weighted by Gasteiger charge is 2.19. The van der Waals surface area contributed by atoms with Crippen LogP contribution in [-0.4, -0.2) is 37.2 Å². The van der Waals surface area contributed by atoms with Crippen molar-refractivity contribution in [1.29, 1.82) is 0 Å². The summed E-state index contributed by atoms with van der Waals surface area (Å²) < 4.78 is 16.6. The number of unbranched alkanes of at least 4 members (excludes halogenated alkanes) is 21.